The van der Waals surface area contributed by atoms with E-state index in [4.69, 9.17) is 5.73 Å². The van der Waals surface area contributed by atoms with Crippen molar-refractivity contribution in [2.45, 2.75) is 18.9 Å². The SMILES string of the molecule is NC(c1ccccc1Br)C1CCNCC1. The van der Waals surface area contributed by atoms with E-state index in [1.807, 2.05) is 6.07 Å². The van der Waals surface area contributed by atoms with Crippen molar-refractivity contribution >= 4 is 15.9 Å². The highest BCUT2D eigenvalue weighted by molar-refractivity contribution is 9.10. The van der Waals surface area contributed by atoms with E-state index in [0.29, 0.717) is 5.92 Å². The van der Waals surface area contributed by atoms with E-state index in [-0.39, 0.29) is 6.04 Å². The summed E-state index contributed by atoms with van der Waals surface area (Å²) in [4.78, 5) is 0. The maximum Gasteiger partial charge on any atom is 0.0335 e. The normalized spacial score (nSPS) is 20.1. The van der Waals surface area contributed by atoms with Gasteiger partial charge in [-0.3, -0.25) is 0 Å². The van der Waals surface area contributed by atoms with Gasteiger partial charge in [0.15, 0.2) is 0 Å². The second kappa shape index (κ2) is 5.10. The summed E-state index contributed by atoms with van der Waals surface area (Å²) >= 11 is 3.57. The summed E-state index contributed by atoms with van der Waals surface area (Å²) in [6.07, 6.45) is 2.37. The Hall–Kier alpha value is -0.380. The Morgan fingerprint density at radius 3 is 2.60 bits per heavy atom. The number of hydrogen-bond donors (Lipinski definition) is 2. The first kappa shape index (κ1) is 11.1. The maximum atomic E-state index is 6.31. The number of benzene rings is 1. The van der Waals surface area contributed by atoms with Gasteiger partial charge >= 0.3 is 0 Å². The zero-order valence-electron chi connectivity index (χ0n) is 8.75. The molecule has 1 saturated heterocycles. The van der Waals surface area contributed by atoms with Crippen LogP contribution in [0.1, 0.15) is 24.4 Å². The molecule has 15 heavy (non-hydrogen) atoms. The summed E-state index contributed by atoms with van der Waals surface area (Å²) in [6, 6.07) is 8.44. The third-order valence-corrected chi connectivity index (χ3v) is 3.88. The predicted octanol–water partition coefficient (Wildman–Crippen LogP) is 2.45. The molecule has 0 saturated carbocycles. The molecule has 0 bridgehead atoms. The second-order valence-corrected chi connectivity index (χ2v) is 4.99. The van der Waals surface area contributed by atoms with Crippen molar-refractivity contribution in [3.63, 3.8) is 0 Å². The zero-order valence-corrected chi connectivity index (χ0v) is 10.3. The minimum atomic E-state index is 0.169. The van der Waals surface area contributed by atoms with Crippen LogP contribution < -0.4 is 11.1 Å². The van der Waals surface area contributed by atoms with Crippen LogP contribution >= 0.6 is 15.9 Å². The molecule has 3 N–H and O–H groups in total. The fourth-order valence-corrected chi connectivity index (χ4v) is 2.75. The molecule has 1 aliphatic heterocycles. The van der Waals surface area contributed by atoms with E-state index in [1.165, 1.54) is 18.4 Å². The van der Waals surface area contributed by atoms with Gasteiger partial charge in [0.05, 0.1) is 0 Å². The average Bonchev–Trinajstić information content (AvgIpc) is 2.30. The molecule has 1 heterocycles. The lowest BCUT2D eigenvalue weighted by Crippen LogP contribution is -2.33. The van der Waals surface area contributed by atoms with Gasteiger partial charge < -0.3 is 11.1 Å². The van der Waals surface area contributed by atoms with Crippen LogP contribution in [0.3, 0.4) is 0 Å². The summed E-state index contributed by atoms with van der Waals surface area (Å²) in [5.41, 5.74) is 7.55. The van der Waals surface area contributed by atoms with E-state index < -0.39 is 0 Å². The molecule has 1 fully saturated rings. The number of piperidine rings is 1. The minimum Gasteiger partial charge on any atom is -0.324 e. The highest BCUT2D eigenvalue weighted by atomic mass is 79.9. The third-order valence-electron chi connectivity index (χ3n) is 3.16. The maximum absolute atomic E-state index is 6.31. The van der Waals surface area contributed by atoms with Gasteiger partial charge in [-0.1, -0.05) is 34.1 Å². The topological polar surface area (TPSA) is 38.0 Å². The van der Waals surface area contributed by atoms with Crippen molar-refractivity contribution < 1.29 is 0 Å². The minimum absolute atomic E-state index is 0.169. The molecule has 0 amide bonds. The largest absolute Gasteiger partial charge is 0.324 e. The molecular formula is C12H17BrN2. The summed E-state index contributed by atoms with van der Waals surface area (Å²) < 4.78 is 1.14. The van der Waals surface area contributed by atoms with Crippen molar-refractivity contribution in [3.05, 3.63) is 34.3 Å². The van der Waals surface area contributed by atoms with Gasteiger partial charge in [0, 0.05) is 10.5 Å². The van der Waals surface area contributed by atoms with Gasteiger partial charge in [-0.05, 0) is 43.5 Å². The zero-order chi connectivity index (χ0) is 10.7. The molecule has 82 valence electrons. The Morgan fingerprint density at radius 2 is 1.93 bits per heavy atom. The van der Waals surface area contributed by atoms with Crippen LogP contribution in [0.2, 0.25) is 0 Å². The monoisotopic (exact) mass is 268 g/mol. The van der Waals surface area contributed by atoms with E-state index in [1.54, 1.807) is 0 Å². The number of hydrogen-bond acceptors (Lipinski definition) is 2. The lowest BCUT2D eigenvalue weighted by Gasteiger charge is -2.28. The Bertz CT molecular complexity index is 321. The Balaban J connectivity index is 2.12. The van der Waals surface area contributed by atoms with Gasteiger partial charge in [-0.25, -0.2) is 0 Å². The highest BCUT2D eigenvalue weighted by Crippen LogP contribution is 2.30. The molecule has 0 spiro atoms. The Morgan fingerprint density at radius 1 is 1.27 bits per heavy atom. The van der Waals surface area contributed by atoms with E-state index in [0.717, 1.165) is 17.6 Å². The fraction of sp³-hybridized carbons (Fsp3) is 0.500. The second-order valence-electron chi connectivity index (χ2n) is 4.13. The molecule has 0 radical (unpaired) electrons. The van der Waals surface area contributed by atoms with Gasteiger partial charge in [-0.2, -0.15) is 0 Å². The Labute approximate surface area is 99.4 Å². The Kier molecular flexibility index (Phi) is 3.78. The van der Waals surface area contributed by atoms with Crippen LogP contribution in [0, 0.1) is 5.92 Å². The number of nitrogens with one attached hydrogen (secondary N) is 1. The first-order valence-corrected chi connectivity index (χ1v) is 6.29. The molecule has 2 rings (SSSR count). The van der Waals surface area contributed by atoms with Crippen LogP contribution in [0.15, 0.2) is 28.7 Å². The summed E-state index contributed by atoms with van der Waals surface area (Å²) in [6.45, 7) is 2.20. The summed E-state index contributed by atoms with van der Waals surface area (Å²) in [7, 11) is 0. The fourth-order valence-electron chi connectivity index (χ4n) is 2.20. The third kappa shape index (κ3) is 2.60. The first-order valence-electron chi connectivity index (χ1n) is 5.50. The molecule has 1 atom stereocenters. The van der Waals surface area contributed by atoms with Crippen LogP contribution in [-0.2, 0) is 0 Å². The lowest BCUT2D eigenvalue weighted by molar-refractivity contribution is 0.321. The first-order chi connectivity index (χ1) is 7.29. The molecule has 2 nitrogen and oxygen atoms in total. The quantitative estimate of drug-likeness (QED) is 0.865. The lowest BCUT2D eigenvalue weighted by atomic mass is 9.87. The molecule has 1 unspecified atom stereocenters. The number of nitrogens with two attached hydrogens (primary N) is 1. The highest BCUT2D eigenvalue weighted by Gasteiger charge is 2.22. The average molecular weight is 269 g/mol. The molecule has 1 aromatic carbocycles. The molecule has 3 heteroatoms. The van der Waals surface area contributed by atoms with Crippen LogP contribution in [0.5, 0.6) is 0 Å². The molecule has 0 aliphatic carbocycles. The van der Waals surface area contributed by atoms with E-state index in [9.17, 15) is 0 Å². The smallest absolute Gasteiger partial charge is 0.0335 e. The van der Waals surface area contributed by atoms with Crippen LogP contribution in [0.4, 0.5) is 0 Å². The molecule has 1 aromatic rings. The summed E-state index contributed by atoms with van der Waals surface area (Å²) in [5.74, 6) is 0.616. The van der Waals surface area contributed by atoms with Crippen LogP contribution in [0.25, 0.3) is 0 Å². The van der Waals surface area contributed by atoms with Crippen molar-refractivity contribution in [1.82, 2.24) is 5.32 Å². The van der Waals surface area contributed by atoms with Crippen molar-refractivity contribution in [3.8, 4) is 0 Å². The van der Waals surface area contributed by atoms with Gasteiger partial charge in [-0.15, -0.1) is 0 Å². The van der Waals surface area contributed by atoms with Crippen molar-refractivity contribution in [2.75, 3.05) is 13.1 Å². The van der Waals surface area contributed by atoms with E-state index >= 15 is 0 Å². The van der Waals surface area contributed by atoms with Crippen molar-refractivity contribution in [1.29, 1.82) is 0 Å². The van der Waals surface area contributed by atoms with Gasteiger partial charge in [0.25, 0.3) is 0 Å². The molecule has 0 aromatic heterocycles. The number of halogens is 1. The predicted molar refractivity (Wildman–Crippen MR) is 66.7 cm³/mol. The van der Waals surface area contributed by atoms with Crippen molar-refractivity contribution in [2.24, 2.45) is 11.7 Å². The van der Waals surface area contributed by atoms with Gasteiger partial charge in [0.2, 0.25) is 0 Å². The standard InChI is InChI=1S/C12H17BrN2/c13-11-4-2-1-3-10(11)12(14)9-5-7-15-8-6-9/h1-4,9,12,15H,5-8,14H2. The molecule has 1 aliphatic rings. The summed E-state index contributed by atoms with van der Waals surface area (Å²) in [5, 5.41) is 3.37. The number of rotatable bonds is 2. The molecular weight excluding hydrogens is 252 g/mol. The van der Waals surface area contributed by atoms with Gasteiger partial charge in [0.1, 0.15) is 0 Å². The van der Waals surface area contributed by atoms with E-state index in [2.05, 4.69) is 39.4 Å². The van der Waals surface area contributed by atoms with Crippen LogP contribution in [-0.4, -0.2) is 13.1 Å².